The molecule has 0 unspecified atom stereocenters. The van der Waals surface area contributed by atoms with E-state index in [2.05, 4.69) is 5.32 Å². The number of nitrogens with one attached hydrogen (secondary N) is 1. The number of amides is 2. The summed E-state index contributed by atoms with van der Waals surface area (Å²) in [5.41, 5.74) is 6.58. The Kier molecular flexibility index (Phi) is 6.52. The van der Waals surface area contributed by atoms with Crippen LogP contribution in [0.2, 0.25) is 0 Å². The van der Waals surface area contributed by atoms with E-state index in [0.29, 0.717) is 24.1 Å². The first-order chi connectivity index (χ1) is 11.1. The Hall–Kier alpha value is -1.95. The summed E-state index contributed by atoms with van der Waals surface area (Å²) < 4.78 is 13.8. The van der Waals surface area contributed by atoms with Gasteiger partial charge in [-0.15, -0.1) is 0 Å². The summed E-state index contributed by atoms with van der Waals surface area (Å²) in [6, 6.07) is 4.74. The molecule has 0 aliphatic carbocycles. The van der Waals surface area contributed by atoms with Gasteiger partial charge in [0.15, 0.2) is 0 Å². The predicted molar refractivity (Wildman–Crippen MR) is 85.8 cm³/mol. The third-order valence-electron chi connectivity index (χ3n) is 4.09. The van der Waals surface area contributed by atoms with Crippen molar-refractivity contribution in [3.8, 4) is 0 Å². The zero-order valence-electron chi connectivity index (χ0n) is 13.3. The quantitative estimate of drug-likeness (QED) is 0.866. The number of carbonyl (C=O) groups is 2. The maximum Gasteiger partial charge on any atom is 0.239 e. The second-order valence-corrected chi connectivity index (χ2v) is 5.89. The second-order valence-electron chi connectivity index (χ2n) is 5.89. The van der Waals surface area contributed by atoms with E-state index < -0.39 is 0 Å². The maximum atomic E-state index is 13.8. The van der Waals surface area contributed by atoms with Crippen molar-refractivity contribution in [3.05, 3.63) is 35.1 Å². The van der Waals surface area contributed by atoms with Crippen molar-refractivity contribution in [2.75, 3.05) is 13.1 Å². The van der Waals surface area contributed by atoms with E-state index >= 15 is 0 Å². The van der Waals surface area contributed by atoms with Crippen molar-refractivity contribution >= 4 is 11.8 Å². The van der Waals surface area contributed by atoms with E-state index in [1.54, 1.807) is 17.0 Å². The van der Waals surface area contributed by atoms with Gasteiger partial charge in [-0.1, -0.05) is 25.0 Å². The number of hydrogen-bond acceptors (Lipinski definition) is 3. The van der Waals surface area contributed by atoms with Crippen molar-refractivity contribution in [1.29, 1.82) is 0 Å². The fourth-order valence-corrected chi connectivity index (χ4v) is 2.67. The Balaban J connectivity index is 1.85. The summed E-state index contributed by atoms with van der Waals surface area (Å²) in [6.07, 6.45) is 4.47. The molecule has 1 heterocycles. The molecule has 6 heteroatoms. The van der Waals surface area contributed by atoms with Gasteiger partial charge in [-0.2, -0.15) is 0 Å². The monoisotopic (exact) mass is 321 g/mol. The topological polar surface area (TPSA) is 75.4 Å². The SMILES string of the molecule is NCc1ccc(CNC(=O)CN2CCCCCCC2=O)c(F)c1. The molecule has 1 aliphatic heterocycles. The number of rotatable bonds is 5. The number of nitrogens with zero attached hydrogens (tertiary/aromatic N) is 1. The van der Waals surface area contributed by atoms with Gasteiger partial charge in [0.1, 0.15) is 5.82 Å². The molecule has 0 aromatic heterocycles. The lowest BCUT2D eigenvalue weighted by molar-refractivity contribution is -0.136. The molecule has 1 aromatic rings. The lowest BCUT2D eigenvalue weighted by atomic mass is 10.1. The van der Waals surface area contributed by atoms with Crippen LogP contribution >= 0.6 is 0 Å². The van der Waals surface area contributed by atoms with Crippen LogP contribution in [0.1, 0.15) is 43.2 Å². The average molecular weight is 321 g/mol. The highest BCUT2D eigenvalue weighted by atomic mass is 19.1. The summed E-state index contributed by atoms with van der Waals surface area (Å²) in [4.78, 5) is 25.6. The van der Waals surface area contributed by atoms with E-state index in [1.807, 2.05) is 0 Å². The summed E-state index contributed by atoms with van der Waals surface area (Å²) in [6.45, 7) is 1.05. The number of hydrogen-bond donors (Lipinski definition) is 2. The van der Waals surface area contributed by atoms with Crippen molar-refractivity contribution in [3.63, 3.8) is 0 Å². The summed E-state index contributed by atoms with van der Waals surface area (Å²) in [5.74, 6) is -0.616. The van der Waals surface area contributed by atoms with Gasteiger partial charge in [0.2, 0.25) is 11.8 Å². The van der Waals surface area contributed by atoms with Crippen molar-refractivity contribution in [2.24, 2.45) is 5.73 Å². The Morgan fingerprint density at radius 3 is 2.78 bits per heavy atom. The van der Waals surface area contributed by atoms with E-state index in [-0.39, 0.29) is 37.3 Å². The number of halogens is 1. The highest BCUT2D eigenvalue weighted by Gasteiger charge is 2.18. The first-order valence-corrected chi connectivity index (χ1v) is 8.12. The molecule has 1 fully saturated rings. The molecule has 126 valence electrons. The van der Waals surface area contributed by atoms with Crippen LogP contribution in [0.25, 0.3) is 0 Å². The van der Waals surface area contributed by atoms with Gasteiger partial charge in [-0.25, -0.2) is 4.39 Å². The molecule has 2 rings (SSSR count). The van der Waals surface area contributed by atoms with Gasteiger partial charge in [-0.05, 0) is 24.5 Å². The van der Waals surface area contributed by atoms with Gasteiger partial charge in [0.25, 0.3) is 0 Å². The molecule has 0 bridgehead atoms. The summed E-state index contributed by atoms with van der Waals surface area (Å²) in [5, 5.41) is 2.68. The minimum atomic E-state index is -0.379. The molecule has 5 nitrogen and oxygen atoms in total. The normalized spacial score (nSPS) is 15.9. The third kappa shape index (κ3) is 5.32. The first-order valence-electron chi connectivity index (χ1n) is 8.12. The Bertz CT molecular complexity index is 563. The third-order valence-corrected chi connectivity index (χ3v) is 4.09. The second kappa shape index (κ2) is 8.62. The highest BCUT2D eigenvalue weighted by molar-refractivity contribution is 5.84. The minimum Gasteiger partial charge on any atom is -0.350 e. The number of carbonyl (C=O) groups excluding carboxylic acids is 2. The largest absolute Gasteiger partial charge is 0.350 e. The molecule has 0 radical (unpaired) electrons. The number of likely N-dealkylation sites (tertiary alicyclic amines) is 1. The molecule has 1 aliphatic rings. The molecule has 1 saturated heterocycles. The lowest BCUT2D eigenvalue weighted by Crippen LogP contribution is -2.41. The van der Waals surface area contributed by atoms with Crippen molar-refractivity contribution in [2.45, 2.75) is 45.2 Å². The molecular formula is C17H24FN3O2. The Labute approximate surface area is 136 Å². The zero-order valence-corrected chi connectivity index (χ0v) is 13.3. The highest BCUT2D eigenvalue weighted by Crippen LogP contribution is 2.12. The standard InChI is InChI=1S/C17H24FN3O2/c18-15-9-13(10-19)6-7-14(15)11-20-16(22)12-21-8-4-2-1-3-5-17(21)23/h6-7,9H,1-5,8,10-12,19H2,(H,20,22). The van der Waals surface area contributed by atoms with Gasteiger partial charge in [0, 0.05) is 31.6 Å². The summed E-state index contributed by atoms with van der Waals surface area (Å²) >= 11 is 0. The van der Waals surface area contributed by atoms with Crippen molar-refractivity contribution < 1.29 is 14.0 Å². The minimum absolute atomic E-state index is 0.0262. The van der Waals surface area contributed by atoms with Crippen LogP contribution in [0.4, 0.5) is 4.39 Å². The smallest absolute Gasteiger partial charge is 0.239 e. The molecular weight excluding hydrogens is 297 g/mol. The average Bonchev–Trinajstić information content (AvgIpc) is 2.53. The molecule has 0 saturated carbocycles. The Morgan fingerprint density at radius 1 is 1.26 bits per heavy atom. The molecule has 0 atom stereocenters. The number of nitrogens with two attached hydrogens (primary N) is 1. The lowest BCUT2D eigenvalue weighted by Gasteiger charge is -2.24. The Morgan fingerprint density at radius 2 is 2.04 bits per heavy atom. The van der Waals surface area contributed by atoms with Crippen molar-refractivity contribution in [1.82, 2.24) is 10.2 Å². The van der Waals surface area contributed by atoms with E-state index in [4.69, 9.17) is 5.73 Å². The van der Waals surface area contributed by atoms with Crippen LogP contribution in [0.15, 0.2) is 18.2 Å². The molecule has 23 heavy (non-hydrogen) atoms. The van der Waals surface area contributed by atoms with E-state index in [1.165, 1.54) is 6.07 Å². The van der Waals surface area contributed by atoms with Crippen LogP contribution < -0.4 is 11.1 Å². The first kappa shape index (κ1) is 17.4. The van der Waals surface area contributed by atoms with E-state index in [9.17, 15) is 14.0 Å². The molecule has 2 amide bonds. The van der Waals surface area contributed by atoms with Crippen LogP contribution in [-0.2, 0) is 22.7 Å². The molecule has 1 aromatic carbocycles. The van der Waals surface area contributed by atoms with Crippen LogP contribution in [0.5, 0.6) is 0 Å². The summed E-state index contributed by atoms with van der Waals surface area (Å²) in [7, 11) is 0. The van der Waals surface area contributed by atoms with E-state index in [0.717, 1.165) is 25.7 Å². The van der Waals surface area contributed by atoms with Gasteiger partial charge >= 0.3 is 0 Å². The predicted octanol–water partition coefficient (Wildman–Crippen LogP) is 1.69. The molecule has 3 N–H and O–H groups in total. The van der Waals surface area contributed by atoms with Crippen LogP contribution in [0.3, 0.4) is 0 Å². The van der Waals surface area contributed by atoms with Crippen LogP contribution in [-0.4, -0.2) is 29.8 Å². The van der Waals surface area contributed by atoms with Gasteiger partial charge < -0.3 is 16.0 Å². The van der Waals surface area contributed by atoms with Gasteiger partial charge in [0.05, 0.1) is 6.54 Å². The fraction of sp³-hybridized carbons (Fsp3) is 0.529. The van der Waals surface area contributed by atoms with Crippen LogP contribution in [0, 0.1) is 5.82 Å². The van der Waals surface area contributed by atoms with Gasteiger partial charge in [-0.3, -0.25) is 9.59 Å². The zero-order chi connectivity index (χ0) is 16.7. The molecule has 0 spiro atoms. The number of benzene rings is 1. The fourth-order valence-electron chi connectivity index (χ4n) is 2.67. The maximum absolute atomic E-state index is 13.8.